The van der Waals surface area contributed by atoms with Crippen LogP contribution in [0.1, 0.15) is 71.1 Å². The fourth-order valence-corrected chi connectivity index (χ4v) is 1.58. The fraction of sp³-hybridized carbons (Fsp3) is 0.917. The second-order valence-corrected chi connectivity index (χ2v) is 3.95. The van der Waals surface area contributed by atoms with Crippen LogP contribution in [0.4, 0.5) is 0 Å². The Balaban J connectivity index is 0. The van der Waals surface area contributed by atoms with E-state index in [1.807, 2.05) is 0 Å². The van der Waals surface area contributed by atoms with Crippen molar-refractivity contribution in [1.29, 1.82) is 0 Å². The zero-order chi connectivity index (χ0) is 10.6. The van der Waals surface area contributed by atoms with Gasteiger partial charge in [0.2, 0.25) is 0 Å². The Bertz CT molecular complexity index is 138. The third-order valence-corrected chi connectivity index (χ3v) is 2.48. The van der Waals surface area contributed by atoms with Crippen molar-refractivity contribution in [2.24, 2.45) is 0 Å². The van der Waals surface area contributed by atoms with Crippen LogP contribution in [0.15, 0.2) is 0 Å². The van der Waals surface area contributed by atoms with Crippen molar-refractivity contribution in [3.05, 3.63) is 0 Å². The molecule has 0 unspecified atom stereocenters. The summed E-state index contributed by atoms with van der Waals surface area (Å²) in [4.78, 5) is 10.1. The molecule has 0 bridgehead atoms. The summed E-state index contributed by atoms with van der Waals surface area (Å²) in [5.41, 5.74) is 0. The number of hydrogen-bond acceptors (Lipinski definition) is 2. The maximum Gasteiger partial charge on any atom is 2.00 e. The quantitative estimate of drug-likeness (QED) is 0.421. The molecular formula is C12H23MgO2+. The molecular weight excluding hydrogens is 200 g/mol. The Kier molecular flexibility index (Phi) is 16.7. The first-order valence-corrected chi connectivity index (χ1v) is 5.97. The van der Waals surface area contributed by atoms with E-state index in [0.717, 1.165) is 12.8 Å². The van der Waals surface area contributed by atoms with E-state index < -0.39 is 5.97 Å². The van der Waals surface area contributed by atoms with Gasteiger partial charge >= 0.3 is 23.1 Å². The number of carboxylic acids is 1. The van der Waals surface area contributed by atoms with Crippen molar-refractivity contribution < 1.29 is 9.90 Å². The number of aliphatic carboxylic acids is 1. The van der Waals surface area contributed by atoms with Crippen LogP contribution < -0.4 is 5.11 Å². The molecule has 0 radical (unpaired) electrons. The first-order chi connectivity index (χ1) is 6.77. The smallest absolute Gasteiger partial charge is 0.550 e. The number of hydrogen-bond donors (Lipinski definition) is 0. The molecule has 0 aromatic rings. The molecule has 0 aliphatic carbocycles. The molecule has 0 fully saturated rings. The fourth-order valence-electron chi connectivity index (χ4n) is 1.58. The normalized spacial score (nSPS) is 9.67. The van der Waals surface area contributed by atoms with Gasteiger partial charge in [-0.25, -0.2) is 0 Å². The van der Waals surface area contributed by atoms with E-state index >= 15 is 0 Å². The van der Waals surface area contributed by atoms with Gasteiger partial charge in [-0.05, 0) is 12.8 Å². The Morgan fingerprint density at radius 2 is 1.27 bits per heavy atom. The van der Waals surface area contributed by atoms with Gasteiger partial charge in [-0.3, -0.25) is 0 Å². The molecule has 3 heteroatoms. The largest absolute Gasteiger partial charge is 2.00 e. The molecule has 0 amide bonds. The summed E-state index contributed by atoms with van der Waals surface area (Å²) in [5.74, 6) is -0.909. The number of carboxylic acid groups (broad SMARTS) is 1. The van der Waals surface area contributed by atoms with E-state index in [2.05, 4.69) is 6.92 Å². The van der Waals surface area contributed by atoms with Crippen LogP contribution in [0.25, 0.3) is 0 Å². The standard InChI is InChI=1S/C12H24O2.Mg/c1-2-3-4-5-6-7-8-9-10-11-12(13)14;/h2-11H2,1H3,(H,13,14);/q;+2/p-1. The van der Waals surface area contributed by atoms with Crippen molar-refractivity contribution >= 4 is 29.0 Å². The predicted molar refractivity (Wildman–Crippen MR) is 62.6 cm³/mol. The minimum atomic E-state index is -0.909. The predicted octanol–water partition coefficient (Wildman–Crippen LogP) is 2.28. The summed E-state index contributed by atoms with van der Waals surface area (Å²) in [6.07, 6.45) is 11.2. The summed E-state index contributed by atoms with van der Waals surface area (Å²) < 4.78 is 0. The average Bonchev–Trinajstić information content (AvgIpc) is 2.15. The van der Waals surface area contributed by atoms with Gasteiger partial charge in [-0.15, -0.1) is 0 Å². The van der Waals surface area contributed by atoms with Crippen molar-refractivity contribution in [2.75, 3.05) is 0 Å². The van der Waals surface area contributed by atoms with Crippen LogP contribution in [0.3, 0.4) is 0 Å². The zero-order valence-corrected chi connectivity index (χ0v) is 11.5. The summed E-state index contributed by atoms with van der Waals surface area (Å²) in [6, 6.07) is 0. The zero-order valence-electron chi connectivity index (χ0n) is 10.1. The minimum Gasteiger partial charge on any atom is -0.550 e. The van der Waals surface area contributed by atoms with Gasteiger partial charge in [-0.2, -0.15) is 0 Å². The Morgan fingerprint density at radius 1 is 0.867 bits per heavy atom. The van der Waals surface area contributed by atoms with Crippen LogP contribution >= 0.6 is 0 Å². The Hall–Kier alpha value is 0.236. The summed E-state index contributed by atoms with van der Waals surface area (Å²) in [7, 11) is 0. The van der Waals surface area contributed by atoms with Gasteiger partial charge < -0.3 is 9.90 Å². The third-order valence-electron chi connectivity index (χ3n) is 2.48. The molecule has 15 heavy (non-hydrogen) atoms. The third kappa shape index (κ3) is 16.9. The van der Waals surface area contributed by atoms with Crippen LogP contribution in [-0.2, 0) is 4.79 Å². The molecule has 2 nitrogen and oxygen atoms in total. The number of carbonyl (C=O) groups excluding carboxylic acids is 1. The molecule has 0 rings (SSSR count). The van der Waals surface area contributed by atoms with Crippen molar-refractivity contribution in [3.63, 3.8) is 0 Å². The molecule has 0 aromatic carbocycles. The van der Waals surface area contributed by atoms with Crippen LogP contribution in [0, 0.1) is 0 Å². The monoisotopic (exact) mass is 223 g/mol. The molecule has 0 atom stereocenters. The molecule has 0 aromatic heterocycles. The van der Waals surface area contributed by atoms with Gasteiger partial charge in [0.1, 0.15) is 0 Å². The SMILES string of the molecule is CCCCCCCCCCCC(=O)[O-].[Mg+2]. The first-order valence-electron chi connectivity index (χ1n) is 5.97. The molecule has 0 spiro atoms. The van der Waals surface area contributed by atoms with Crippen molar-refractivity contribution in [2.45, 2.75) is 71.1 Å². The number of carbonyl (C=O) groups is 1. The average molecular weight is 224 g/mol. The molecule has 0 saturated heterocycles. The van der Waals surface area contributed by atoms with Gasteiger partial charge in [0.05, 0.1) is 0 Å². The molecule has 0 saturated carbocycles. The van der Waals surface area contributed by atoms with E-state index in [9.17, 15) is 9.90 Å². The van der Waals surface area contributed by atoms with E-state index in [4.69, 9.17) is 0 Å². The van der Waals surface area contributed by atoms with E-state index in [0.29, 0.717) is 0 Å². The van der Waals surface area contributed by atoms with Crippen molar-refractivity contribution in [3.8, 4) is 0 Å². The second-order valence-electron chi connectivity index (χ2n) is 3.95. The number of unbranched alkanes of at least 4 members (excludes halogenated alkanes) is 8. The second kappa shape index (κ2) is 14.2. The summed E-state index contributed by atoms with van der Waals surface area (Å²) >= 11 is 0. The maximum absolute atomic E-state index is 10.1. The summed E-state index contributed by atoms with van der Waals surface area (Å²) in [5, 5.41) is 10.1. The van der Waals surface area contributed by atoms with Gasteiger partial charge in [-0.1, -0.05) is 58.3 Å². The van der Waals surface area contributed by atoms with E-state index in [-0.39, 0.29) is 29.5 Å². The van der Waals surface area contributed by atoms with Crippen LogP contribution in [0.2, 0.25) is 0 Å². The number of rotatable bonds is 10. The van der Waals surface area contributed by atoms with Crippen LogP contribution in [-0.4, -0.2) is 29.0 Å². The maximum atomic E-state index is 10.1. The van der Waals surface area contributed by atoms with Gasteiger partial charge in [0, 0.05) is 5.97 Å². The van der Waals surface area contributed by atoms with Gasteiger partial charge in [0.25, 0.3) is 0 Å². The molecule has 0 N–H and O–H groups in total. The minimum absolute atomic E-state index is 0. The Morgan fingerprint density at radius 3 is 1.67 bits per heavy atom. The topological polar surface area (TPSA) is 40.1 Å². The van der Waals surface area contributed by atoms with E-state index in [1.54, 1.807) is 0 Å². The first kappa shape index (κ1) is 17.6. The molecule has 0 heterocycles. The molecule has 0 aliphatic rings. The van der Waals surface area contributed by atoms with Crippen molar-refractivity contribution in [1.82, 2.24) is 0 Å². The molecule has 84 valence electrons. The van der Waals surface area contributed by atoms with Gasteiger partial charge in [0.15, 0.2) is 0 Å². The Labute approximate surface area is 110 Å². The molecule has 0 aliphatic heterocycles. The van der Waals surface area contributed by atoms with Crippen LogP contribution in [0.5, 0.6) is 0 Å². The van der Waals surface area contributed by atoms with E-state index in [1.165, 1.54) is 44.9 Å². The summed E-state index contributed by atoms with van der Waals surface area (Å²) in [6.45, 7) is 2.22.